The first kappa shape index (κ1) is 19.5. The second kappa shape index (κ2) is 8.59. The van der Waals surface area contributed by atoms with Gasteiger partial charge in [0.15, 0.2) is 0 Å². The van der Waals surface area contributed by atoms with E-state index in [1.165, 1.54) is 18.3 Å². The van der Waals surface area contributed by atoms with Gasteiger partial charge in [-0.1, -0.05) is 11.6 Å². The molecule has 28 heavy (non-hydrogen) atoms. The van der Waals surface area contributed by atoms with E-state index >= 15 is 0 Å². The van der Waals surface area contributed by atoms with Gasteiger partial charge >= 0.3 is 5.69 Å². The lowest BCUT2D eigenvalue weighted by Crippen LogP contribution is -2.30. The molecule has 3 aromatic rings. The van der Waals surface area contributed by atoms with Crippen LogP contribution in [0.3, 0.4) is 0 Å². The molecule has 0 fully saturated rings. The largest absolute Gasteiger partial charge is 0.355 e. The highest BCUT2D eigenvalue weighted by molar-refractivity contribution is 9.10. The molecule has 1 aromatic carbocycles. The summed E-state index contributed by atoms with van der Waals surface area (Å²) in [6.45, 7) is 0. The molecule has 12 heteroatoms. The Morgan fingerprint density at radius 3 is 2.43 bits per heavy atom. The van der Waals surface area contributed by atoms with Crippen LogP contribution in [0.5, 0.6) is 0 Å². The number of rotatable bonds is 6. The Labute approximate surface area is 171 Å². The SMILES string of the molecule is O=C(NNc1ncnc(Nc2ccc(Br)cn2)c1[N+](=O)[O-])c1ccc(Cl)cc1. The van der Waals surface area contributed by atoms with Crippen LogP contribution in [0, 0.1) is 10.1 Å². The molecule has 3 rings (SSSR count). The van der Waals surface area contributed by atoms with E-state index < -0.39 is 16.5 Å². The average molecular weight is 465 g/mol. The number of pyridine rings is 1. The summed E-state index contributed by atoms with van der Waals surface area (Å²) in [4.78, 5) is 34.8. The van der Waals surface area contributed by atoms with E-state index in [9.17, 15) is 14.9 Å². The van der Waals surface area contributed by atoms with E-state index in [0.717, 1.165) is 10.8 Å². The molecule has 1 amide bonds. The summed E-state index contributed by atoms with van der Waals surface area (Å²) in [5.41, 5.74) is 4.66. The van der Waals surface area contributed by atoms with Crippen LogP contribution in [-0.4, -0.2) is 25.8 Å². The number of aromatic nitrogens is 3. The summed E-state index contributed by atoms with van der Waals surface area (Å²) in [6.07, 6.45) is 2.64. The molecule has 0 saturated heterocycles. The molecule has 0 atom stereocenters. The smallest absolute Gasteiger partial charge is 0.319 e. The molecule has 2 aromatic heterocycles. The van der Waals surface area contributed by atoms with Crippen molar-refractivity contribution in [1.29, 1.82) is 0 Å². The number of hydrogen-bond donors (Lipinski definition) is 3. The van der Waals surface area contributed by atoms with Crippen molar-refractivity contribution < 1.29 is 9.72 Å². The average Bonchev–Trinajstić information content (AvgIpc) is 2.68. The zero-order valence-corrected chi connectivity index (χ0v) is 16.2. The monoisotopic (exact) mass is 463 g/mol. The van der Waals surface area contributed by atoms with Crippen LogP contribution in [0.25, 0.3) is 0 Å². The van der Waals surface area contributed by atoms with Crippen molar-refractivity contribution in [2.75, 3.05) is 10.7 Å². The lowest BCUT2D eigenvalue weighted by molar-refractivity contribution is -0.383. The third-order valence-corrected chi connectivity index (χ3v) is 4.10. The number of nitrogens with zero attached hydrogens (tertiary/aromatic N) is 4. The third kappa shape index (κ3) is 4.69. The van der Waals surface area contributed by atoms with Crippen LogP contribution >= 0.6 is 27.5 Å². The number of carbonyl (C=O) groups is 1. The first-order valence-corrected chi connectivity index (χ1v) is 8.81. The van der Waals surface area contributed by atoms with Crippen LogP contribution in [0.4, 0.5) is 23.1 Å². The zero-order valence-electron chi connectivity index (χ0n) is 13.9. The molecule has 0 aliphatic rings. The maximum absolute atomic E-state index is 12.2. The Balaban J connectivity index is 1.80. The minimum atomic E-state index is -0.669. The maximum Gasteiger partial charge on any atom is 0.355 e. The first-order valence-electron chi connectivity index (χ1n) is 7.64. The van der Waals surface area contributed by atoms with Gasteiger partial charge in [0.25, 0.3) is 5.91 Å². The Kier molecular flexibility index (Phi) is 5.96. The highest BCUT2D eigenvalue weighted by Crippen LogP contribution is 2.30. The number of nitro groups is 1. The van der Waals surface area contributed by atoms with Gasteiger partial charge in [0.05, 0.1) is 4.92 Å². The van der Waals surface area contributed by atoms with E-state index in [1.54, 1.807) is 24.3 Å². The third-order valence-electron chi connectivity index (χ3n) is 3.38. The number of carbonyl (C=O) groups excluding carboxylic acids is 1. The van der Waals surface area contributed by atoms with Crippen molar-refractivity contribution in [3.63, 3.8) is 0 Å². The normalized spacial score (nSPS) is 10.2. The molecule has 142 valence electrons. The van der Waals surface area contributed by atoms with Crippen LogP contribution in [0.15, 0.2) is 53.4 Å². The highest BCUT2D eigenvalue weighted by atomic mass is 79.9. The molecule has 3 N–H and O–H groups in total. The van der Waals surface area contributed by atoms with Crippen molar-refractivity contribution in [1.82, 2.24) is 20.4 Å². The fraction of sp³-hybridized carbons (Fsp3) is 0. The predicted molar refractivity (Wildman–Crippen MR) is 106 cm³/mol. The summed E-state index contributed by atoms with van der Waals surface area (Å²) in [5, 5.41) is 14.8. The summed E-state index contributed by atoms with van der Waals surface area (Å²) in [5.74, 6) is -0.449. The van der Waals surface area contributed by atoms with Gasteiger partial charge < -0.3 is 5.32 Å². The molecule has 0 aliphatic carbocycles. The second-order valence-corrected chi connectivity index (χ2v) is 6.60. The number of amides is 1. The van der Waals surface area contributed by atoms with Crippen molar-refractivity contribution in [3.05, 3.63) is 74.1 Å². The number of benzene rings is 1. The topological polar surface area (TPSA) is 135 Å². The van der Waals surface area contributed by atoms with Crippen molar-refractivity contribution in [3.8, 4) is 0 Å². The maximum atomic E-state index is 12.2. The lowest BCUT2D eigenvalue weighted by atomic mass is 10.2. The number of hydrogen-bond acceptors (Lipinski definition) is 8. The number of hydrazine groups is 1. The standard InChI is InChI=1S/C16H11BrClN7O3/c17-10-3-6-12(19-7-10)22-14-13(25(27)28)15(21-8-20-14)23-24-16(26)9-1-4-11(18)5-2-9/h1-8H,(H,24,26)(H2,19,20,21,22,23). The fourth-order valence-corrected chi connectivity index (χ4v) is 2.46. The van der Waals surface area contributed by atoms with Crippen molar-refractivity contribution in [2.45, 2.75) is 0 Å². The van der Waals surface area contributed by atoms with E-state index in [-0.39, 0.29) is 11.6 Å². The van der Waals surface area contributed by atoms with Crippen molar-refractivity contribution in [2.24, 2.45) is 0 Å². The molecule has 10 nitrogen and oxygen atoms in total. The molecule has 0 aliphatic heterocycles. The first-order chi connectivity index (χ1) is 13.4. The summed E-state index contributed by atoms with van der Waals surface area (Å²) >= 11 is 9.04. The van der Waals surface area contributed by atoms with E-state index in [0.29, 0.717) is 16.4 Å². The van der Waals surface area contributed by atoms with E-state index in [4.69, 9.17) is 11.6 Å². The number of anilines is 3. The molecule has 0 radical (unpaired) electrons. The Morgan fingerprint density at radius 2 is 1.79 bits per heavy atom. The summed E-state index contributed by atoms with van der Waals surface area (Å²) in [7, 11) is 0. The van der Waals surface area contributed by atoms with Gasteiger partial charge in [-0.3, -0.25) is 25.8 Å². The van der Waals surface area contributed by atoms with Crippen LogP contribution < -0.4 is 16.2 Å². The fourth-order valence-electron chi connectivity index (χ4n) is 2.10. The summed E-state index contributed by atoms with van der Waals surface area (Å²) in [6, 6.07) is 9.47. The van der Waals surface area contributed by atoms with Crippen LogP contribution in [-0.2, 0) is 0 Å². The molecule has 0 saturated carbocycles. The molecule has 2 heterocycles. The quantitative estimate of drug-likeness (QED) is 0.371. The molecule has 0 bridgehead atoms. The minimum Gasteiger partial charge on any atom is -0.319 e. The Bertz CT molecular complexity index is 1020. The van der Waals surface area contributed by atoms with Crippen LogP contribution in [0.2, 0.25) is 5.02 Å². The van der Waals surface area contributed by atoms with Gasteiger partial charge in [0, 0.05) is 21.3 Å². The van der Waals surface area contributed by atoms with Gasteiger partial charge in [-0.25, -0.2) is 15.0 Å². The highest BCUT2D eigenvalue weighted by Gasteiger charge is 2.24. The molecule has 0 spiro atoms. The Morgan fingerprint density at radius 1 is 1.07 bits per heavy atom. The zero-order chi connectivity index (χ0) is 20.1. The van der Waals surface area contributed by atoms with Gasteiger partial charge in [0.1, 0.15) is 12.1 Å². The predicted octanol–water partition coefficient (Wildman–Crippen LogP) is 3.70. The van der Waals surface area contributed by atoms with E-state index in [2.05, 4.69) is 47.1 Å². The number of nitrogens with one attached hydrogen (secondary N) is 3. The van der Waals surface area contributed by atoms with Gasteiger partial charge in [-0.05, 0) is 52.3 Å². The van der Waals surface area contributed by atoms with Gasteiger partial charge in [-0.2, -0.15) is 0 Å². The summed E-state index contributed by atoms with van der Waals surface area (Å²) < 4.78 is 0.752. The molecular weight excluding hydrogens is 454 g/mol. The molecular formula is C16H11BrClN7O3. The van der Waals surface area contributed by atoms with Crippen molar-refractivity contribution >= 4 is 56.6 Å². The van der Waals surface area contributed by atoms with Gasteiger partial charge in [0.2, 0.25) is 11.6 Å². The second-order valence-electron chi connectivity index (χ2n) is 5.25. The minimum absolute atomic E-state index is 0.0851. The molecule has 0 unspecified atom stereocenters. The number of halogens is 2. The Hall–Kier alpha value is -3.31. The van der Waals surface area contributed by atoms with E-state index in [1.807, 2.05) is 0 Å². The lowest BCUT2D eigenvalue weighted by Gasteiger charge is -2.10. The van der Waals surface area contributed by atoms with Crippen LogP contribution in [0.1, 0.15) is 10.4 Å². The van der Waals surface area contributed by atoms with Gasteiger partial charge in [-0.15, -0.1) is 0 Å².